The molecule has 0 heterocycles. The van der Waals surface area contributed by atoms with Crippen LogP contribution in [0.3, 0.4) is 0 Å². The van der Waals surface area contributed by atoms with Gasteiger partial charge in [-0.2, -0.15) is 0 Å². The van der Waals surface area contributed by atoms with Crippen LogP contribution < -0.4 is 0 Å². The van der Waals surface area contributed by atoms with E-state index in [-0.39, 0.29) is 0 Å². The summed E-state index contributed by atoms with van der Waals surface area (Å²) in [6, 6.07) is 0. The summed E-state index contributed by atoms with van der Waals surface area (Å²) < 4.78 is 0. The molecule has 0 amide bonds. The van der Waals surface area contributed by atoms with E-state index in [1.54, 1.807) is 6.08 Å². The van der Waals surface area contributed by atoms with Crippen molar-refractivity contribution in [3.63, 3.8) is 0 Å². The van der Waals surface area contributed by atoms with Crippen LogP contribution in [0.15, 0.2) is 24.3 Å². The fourth-order valence-electron chi connectivity index (χ4n) is 0.231. The quantitative estimate of drug-likeness (QED) is 0.399. The van der Waals surface area contributed by atoms with Crippen molar-refractivity contribution in [3.05, 3.63) is 24.3 Å². The predicted molar refractivity (Wildman–Crippen MR) is 32.7 cm³/mol. The van der Waals surface area contributed by atoms with Gasteiger partial charge in [-0.15, -0.1) is 0 Å². The number of allylic oxidation sites excluding steroid dienone is 4. The molecule has 1 heteroatoms. The lowest BCUT2D eigenvalue weighted by molar-refractivity contribution is 1.58. The fraction of sp³-hybridized carbons (Fsp3) is 0.167. The van der Waals surface area contributed by atoms with Gasteiger partial charge in [-0.25, -0.2) is 0 Å². The maximum Gasteiger partial charge on any atom is 0.0177 e. The molecule has 1 nitrogen and oxygen atoms in total. The van der Waals surface area contributed by atoms with Gasteiger partial charge in [0.15, 0.2) is 0 Å². The van der Waals surface area contributed by atoms with Crippen molar-refractivity contribution in [3.8, 4) is 0 Å². The Hall–Kier alpha value is -0.850. The minimum atomic E-state index is 1.25. The first-order valence-electron chi connectivity index (χ1n) is 2.20. The van der Waals surface area contributed by atoms with E-state index < -0.39 is 0 Å². The Morgan fingerprint density at radius 1 is 1.14 bits per heavy atom. The first-order chi connectivity index (χ1) is 3.41. The average Bonchev–Trinajstić information content (AvgIpc) is 1.69. The lowest BCUT2D eigenvalue weighted by Gasteiger charge is -1.64. The highest BCUT2D eigenvalue weighted by Crippen LogP contribution is 1.70. The number of hydrogen-bond acceptors (Lipinski definition) is 1. The van der Waals surface area contributed by atoms with Crippen LogP contribution in [0.5, 0.6) is 0 Å². The average molecular weight is 95.1 g/mol. The fourth-order valence-corrected chi connectivity index (χ4v) is 0.231. The van der Waals surface area contributed by atoms with Gasteiger partial charge < -0.3 is 5.41 Å². The second-order valence-electron chi connectivity index (χ2n) is 1.08. The summed E-state index contributed by atoms with van der Waals surface area (Å²) in [5.74, 6) is 0. The number of rotatable bonds is 2. The molecule has 0 aliphatic heterocycles. The van der Waals surface area contributed by atoms with Gasteiger partial charge in [-0.05, 0) is 13.0 Å². The largest absolute Gasteiger partial charge is 0.309 e. The van der Waals surface area contributed by atoms with Crippen molar-refractivity contribution in [1.29, 1.82) is 5.41 Å². The third-order valence-electron chi connectivity index (χ3n) is 0.511. The lowest BCUT2D eigenvalue weighted by atomic mass is 10.4. The van der Waals surface area contributed by atoms with E-state index in [9.17, 15) is 0 Å². The van der Waals surface area contributed by atoms with Crippen molar-refractivity contribution in [1.82, 2.24) is 0 Å². The van der Waals surface area contributed by atoms with Crippen LogP contribution in [-0.2, 0) is 0 Å². The molecule has 0 rings (SSSR count). The molecule has 0 atom stereocenters. The second-order valence-corrected chi connectivity index (χ2v) is 1.08. The molecule has 0 aromatic carbocycles. The molecule has 0 radical (unpaired) electrons. The number of hydrogen-bond donors (Lipinski definition) is 1. The smallest absolute Gasteiger partial charge is 0.0177 e. The van der Waals surface area contributed by atoms with Crippen LogP contribution in [-0.4, -0.2) is 6.21 Å². The summed E-state index contributed by atoms with van der Waals surface area (Å²) in [5, 5.41) is 6.54. The van der Waals surface area contributed by atoms with E-state index in [2.05, 4.69) is 0 Å². The molecule has 1 N–H and O–H groups in total. The van der Waals surface area contributed by atoms with Crippen LogP contribution >= 0.6 is 0 Å². The molecule has 38 valence electrons. The number of nitrogens with one attached hydrogen (secondary N) is 1. The van der Waals surface area contributed by atoms with Crippen LogP contribution in [0.25, 0.3) is 0 Å². The van der Waals surface area contributed by atoms with E-state index in [4.69, 9.17) is 5.41 Å². The molecular formula is C6H9N. The summed E-state index contributed by atoms with van der Waals surface area (Å²) in [5.41, 5.74) is 0. The van der Waals surface area contributed by atoms with Crippen LogP contribution in [0, 0.1) is 5.41 Å². The Balaban J connectivity index is 3.27. The molecule has 0 saturated heterocycles. The zero-order chi connectivity index (χ0) is 5.54. The van der Waals surface area contributed by atoms with Gasteiger partial charge in [-0.3, -0.25) is 0 Å². The first-order valence-corrected chi connectivity index (χ1v) is 2.20. The Bertz CT molecular complexity index is 90.4. The molecule has 7 heavy (non-hydrogen) atoms. The van der Waals surface area contributed by atoms with Crippen molar-refractivity contribution in [2.75, 3.05) is 0 Å². The standard InChI is InChI=1S/C6H9N/c1-2-3-4-5-6-7/h2-7H,1H3/b3-2-,5-4+,7-6?. The molecule has 0 aliphatic rings. The molecule has 0 bridgehead atoms. The normalized spacial score (nSPS) is 11.0. The summed E-state index contributed by atoms with van der Waals surface area (Å²) in [4.78, 5) is 0. The van der Waals surface area contributed by atoms with Gasteiger partial charge in [0.2, 0.25) is 0 Å². The third kappa shape index (κ3) is 5.15. The first kappa shape index (κ1) is 6.15. The summed E-state index contributed by atoms with van der Waals surface area (Å²) in [6.45, 7) is 1.94. The van der Waals surface area contributed by atoms with Gasteiger partial charge in [0.1, 0.15) is 0 Å². The topological polar surface area (TPSA) is 23.9 Å². The summed E-state index contributed by atoms with van der Waals surface area (Å²) in [7, 11) is 0. The summed E-state index contributed by atoms with van der Waals surface area (Å²) >= 11 is 0. The molecular weight excluding hydrogens is 86.1 g/mol. The van der Waals surface area contributed by atoms with Crippen molar-refractivity contribution < 1.29 is 0 Å². The maximum atomic E-state index is 6.54. The predicted octanol–water partition coefficient (Wildman–Crippen LogP) is 1.77. The zero-order valence-corrected chi connectivity index (χ0v) is 4.39. The molecule has 0 aliphatic carbocycles. The van der Waals surface area contributed by atoms with Crippen molar-refractivity contribution in [2.45, 2.75) is 6.92 Å². The van der Waals surface area contributed by atoms with E-state index in [0.717, 1.165) is 0 Å². The Kier molecular flexibility index (Phi) is 4.52. The highest BCUT2D eigenvalue weighted by Gasteiger charge is 1.53. The lowest BCUT2D eigenvalue weighted by Crippen LogP contribution is -1.52. The van der Waals surface area contributed by atoms with Gasteiger partial charge in [-0.1, -0.05) is 18.2 Å². The van der Waals surface area contributed by atoms with Gasteiger partial charge >= 0.3 is 0 Å². The minimum absolute atomic E-state index is 1.25. The van der Waals surface area contributed by atoms with E-state index in [1.165, 1.54) is 6.21 Å². The van der Waals surface area contributed by atoms with Crippen LogP contribution in [0.2, 0.25) is 0 Å². The molecule has 0 saturated carbocycles. The van der Waals surface area contributed by atoms with Gasteiger partial charge in [0, 0.05) is 6.21 Å². The van der Waals surface area contributed by atoms with Crippen molar-refractivity contribution >= 4 is 6.21 Å². The molecule has 0 aromatic heterocycles. The SMILES string of the molecule is C/C=C\C=C\C=N. The van der Waals surface area contributed by atoms with E-state index in [0.29, 0.717) is 0 Å². The van der Waals surface area contributed by atoms with Crippen LogP contribution in [0.1, 0.15) is 6.92 Å². The molecule has 0 unspecified atom stereocenters. The Morgan fingerprint density at radius 2 is 1.86 bits per heavy atom. The maximum absolute atomic E-state index is 6.54. The van der Waals surface area contributed by atoms with Crippen LogP contribution in [0.4, 0.5) is 0 Å². The highest BCUT2D eigenvalue weighted by atomic mass is 14.3. The van der Waals surface area contributed by atoms with Gasteiger partial charge in [0.05, 0.1) is 0 Å². The van der Waals surface area contributed by atoms with E-state index >= 15 is 0 Å². The van der Waals surface area contributed by atoms with Gasteiger partial charge in [0.25, 0.3) is 0 Å². The second kappa shape index (κ2) is 5.15. The van der Waals surface area contributed by atoms with E-state index in [1.807, 2.05) is 25.2 Å². The molecule has 0 fully saturated rings. The monoisotopic (exact) mass is 95.1 g/mol. The highest BCUT2D eigenvalue weighted by molar-refractivity contribution is 5.67. The Morgan fingerprint density at radius 3 is 2.29 bits per heavy atom. The summed E-state index contributed by atoms with van der Waals surface area (Å²) in [6.07, 6.45) is 8.53. The van der Waals surface area contributed by atoms with Crippen molar-refractivity contribution in [2.24, 2.45) is 0 Å². The Labute approximate surface area is 43.9 Å². The minimum Gasteiger partial charge on any atom is -0.309 e. The molecule has 0 aromatic rings. The zero-order valence-electron chi connectivity index (χ0n) is 4.39. The molecule has 0 spiro atoms. The third-order valence-corrected chi connectivity index (χ3v) is 0.511.